The molecule has 0 radical (unpaired) electrons. The Morgan fingerprint density at radius 1 is 1.17 bits per heavy atom. The Hall–Kier alpha value is -3.25. The Morgan fingerprint density at radius 3 is 2.67 bits per heavy atom. The van der Waals surface area contributed by atoms with Crippen LogP contribution >= 0.6 is 0 Å². The molecule has 0 aliphatic carbocycles. The fraction of sp³-hybridized carbons (Fsp3) is 0.292. The first-order valence-corrected chi connectivity index (χ1v) is 10.2. The van der Waals surface area contributed by atoms with E-state index in [9.17, 15) is 4.79 Å². The fourth-order valence-corrected chi connectivity index (χ4v) is 3.58. The summed E-state index contributed by atoms with van der Waals surface area (Å²) in [7, 11) is 0. The van der Waals surface area contributed by atoms with Crippen molar-refractivity contribution in [2.45, 2.75) is 26.5 Å². The largest absolute Gasteiger partial charge is 0.489 e. The van der Waals surface area contributed by atoms with Crippen molar-refractivity contribution >= 4 is 5.97 Å². The van der Waals surface area contributed by atoms with Gasteiger partial charge in [-0.3, -0.25) is 9.69 Å². The molecule has 30 heavy (non-hydrogen) atoms. The smallest absolute Gasteiger partial charge is 0.307 e. The maximum Gasteiger partial charge on any atom is 0.307 e. The molecule has 1 N–H and O–H groups in total. The predicted molar refractivity (Wildman–Crippen MR) is 114 cm³/mol. The van der Waals surface area contributed by atoms with E-state index < -0.39 is 5.97 Å². The number of carboxylic acid groups (broad SMARTS) is 1. The maximum atomic E-state index is 11.1. The molecule has 0 spiro atoms. The Kier molecular flexibility index (Phi) is 6.05. The number of fused-ring (bicyclic) bond motifs is 1. The van der Waals surface area contributed by atoms with Crippen molar-refractivity contribution < 1.29 is 14.6 Å². The number of rotatable bonds is 7. The highest BCUT2D eigenvalue weighted by Gasteiger charge is 2.22. The van der Waals surface area contributed by atoms with Crippen molar-refractivity contribution in [3.05, 3.63) is 77.6 Å². The third-order valence-corrected chi connectivity index (χ3v) is 5.33. The normalized spacial score (nSPS) is 14.7. The van der Waals surface area contributed by atoms with Gasteiger partial charge in [0.1, 0.15) is 12.4 Å². The molecule has 1 unspecified atom stereocenters. The van der Waals surface area contributed by atoms with Gasteiger partial charge in [-0.05, 0) is 29.8 Å². The highest BCUT2D eigenvalue weighted by Crippen LogP contribution is 2.23. The lowest BCUT2D eigenvalue weighted by Gasteiger charge is -2.29. The number of ether oxygens (including phenoxy) is 1. The summed E-state index contributed by atoms with van der Waals surface area (Å²) in [6.45, 7) is 4.32. The molecule has 1 aliphatic rings. The molecule has 1 aliphatic heterocycles. The molecule has 3 aromatic rings. The first kappa shape index (κ1) is 20.0. The highest BCUT2D eigenvalue weighted by molar-refractivity contribution is 5.69. The minimum absolute atomic E-state index is 0.380. The third-order valence-electron chi connectivity index (χ3n) is 5.33. The summed E-state index contributed by atoms with van der Waals surface area (Å²) in [5.74, 6) is 0.373. The molecule has 0 saturated carbocycles. The average Bonchev–Trinajstić information content (AvgIpc) is 2.78. The minimum Gasteiger partial charge on any atom is -0.489 e. The summed E-state index contributed by atoms with van der Waals surface area (Å²) in [5.41, 5.74) is 4.20. The van der Waals surface area contributed by atoms with E-state index >= 15 is 0 Å². The van der Waals surface area contributed by atoms with Gasteiger partial charge in [-0.1, -0.05) is 37.3 Å². The number of hydrogen-bond acceptors (Lipinski definition) is 5. The predicted octanol–water partition coefficient (Wildman–Crippen LogP) is 3.80. The molecule has 0 saturated heterocycles. The number of nitrogens with zero attached hydrogens (tertiary/aromatic N) is 3. The second kappa shape index (κ2) is 9.05. The Balaban J connectivity index is 1.40. The van der Waals surface area contributed by atoms with Crippen molar-refractivity contribution in [2.75, 3.05) is 13.1 Å². The van der Waals surface area contributed by atoms with Crippen LogP contribution in [-0.2, 0) is 24.4 Å². The van der Waals surface area contributed by atoms with Crippen LogP contribution in [0.3, 0.4) is 0 Å². The number of benzene rings is 2. The zero-order valence-electron chi connectivity index (χ0n) is 17.0. The van der Waals surface area contributed by atoms with Gasteiger partial charge < -0.3 is 9.84 Å². The van der Waals surface area contributed by atoms with Crippen molar-refractivity contribution in [2.24, 2.45) is 5.92 Å². The first-order chi connectivity index (χ1) is 14.6. The molecule has 2 aromatic carbocycles. The molecule has 2 heterocycles. The lowest BCUT2D eigenvalue weighted by atomic mass is 10.0. The average molecular weight is 403 g/mol. The van der Waals surface area contributed by atoms with E-state index in [1.54, 1.807) is 6.92 Å². The molecule has 0 bridgehead atoms. The second-order valence-electron chi connectivity index (χ2n) is 7.69. The number of carboxylic acids is 1. The molecule has 4 rings (SSSR count). The summed E-state index contributed by atoms with van der Waals surface area (Å²) >= 11 is 0. The Labute approximate surface area is 176 Å². The van der Waals surface area contributed by atoms with Crippen molar-refractivity contribution in [1.82, 2.24) is 14.9 Å². The first-order valence-electron chi connectivity index (χ1n) is 10.2. The van der Waals surface area contributed by atoms with Gasteiger partial charge in [0, 0.05) is 43.4 Å². The van der Waals surface area contributed by atoms with Gasteiger partial charge in [0.2, 0.25) is 0 Å². The Morgan fingerprint density at radius 2 is 1.93 bits per heavy atom. The van der Waals surface area contributed by atoms with Crippen LogP contribution in [0.1, 0.15) is 23.7 Å². The molecular weight excluding hydrogens is 378 g/mol. The number of carbonyl (C=O) groups is 1. The zero-order chi connectivity index (χ0) is 20.9. The van der Waals surface area contributed by atoms with E-state index in [4.69, 9.17) is 14.8 Å². The summed E-state index contributed by atoms with van der Waals surface area (Å²) in [6, 6.07) is 17.9. The van der Waals surface area contributed by atoms with Gasteiger partial charge in [-0.2, -0.15) is 0 Å². The molecule has 1 aromatic heterocycles. The molecule has 6 nitrogen and oxygen atoms in total. The van der Waals surface area contributed by atoms with Crippen LogP contribution in [0.4, 0.5) is 0 Å². The van der Waals surface area contributed by atoms with Crippen molar-refractivity contribution in [3.8, 4) is 17.1 Å². The molecule has 0 fully saturated rings. The van der Waals surface area contributed by atoms with Crippen LogP contribution in [0.15, 0.2) is 60.8 Å². The second-order valence-corrected chi connectivity index (χ2v) is 7.69. The summed E-state index contributed by atoms with van der Waals surface area (Å²) < 4.78 is 5.85. The van der Waals surface area contributed by atoms with Gasteiger partial charge >= 0.3 is 5.97 Å². The van der Waals surface area contributed by atoms with Crippen LogP contribution in [0.5, 0.6) is 5.75 Å². The van der Waals surface area contributed by atoms with E-state index in [-0.39, 0.29) is 5.92 Å². The quantitative estimate of drug-likeness (QED) is 0.647. The highest BCUT2D eigenvalue weighted by atomic mass is 16.5. The van der Waals surface area contributed by atoms with Crippen molar-refractivity contribution in [3.63, 3.8) is 0 Å². The Bertz CT molecular complexity index is 1010. The van der Waals surface area contributed by atoms with Gasteiger partial charge in [-0.15, -0.1) is 0 Å². The van der Waals surface area contributed by atoms with Crippen LogP contribution in [-0.4, -0.2) is 39.0 Å². The van der Waals surface area contributed by atoms with E-state index in [0.717, 1.165) is 41.1 Å². The molecule has 6 heteroatoms. The monoisotopic (exact) mass is 403 g/mol. The van der Waals surface area contributed by atoms with Gasteiger partial charge in [0.15, 0.2) is 5.82 Å². The van der Waals surface area contributed by atoms with Crippen molar-refractivity contribution in [1.29, 1.82) is 0 Å². The SMILES string of the molecule is CC(CN1CCc2nc(-c3ccc(OCc4ccccc4)cc3)ncc2C1)C(=O)O. The molecular formula is C24H25N3O3. The number of aliphatic carboxylic acids is 1. The molecule has 1 atom stereocenters. The van der Waals surface area contributed by atoms with Gasteiger partial charge in [0.25, 0.3) is 0 Å². The third kappa shape index (κ3) is 4.83. The van der Waals surface area contributed by atoms with E-state index in [1.807, 2.05) is 60.8 Å². The topological polar surface area (TPSA) is 75.5 Å². The van der Waals surface area contributed by atoms with E-state index in [1.165, 1.54) is 0 Å². The summed E-state index contributed by atoms with van der Waals surface area (Å²) in [6.07, 6.45) is 2.67. The van der Waals surface area contributed by atoms with Gasteiger partial charge in [-0.25, -0.2) is 9.97 Å². The van der Waals surface area contributed by atoms with Gasteiger partial charge in [0.05, 0.1) is 11.6 Å². The number of hydrogen-bond donors (Lipinski definition) is 1. The van der Waals surface area contributed by atoms with Crippen LogP contribution in [0.2, 0.25) is 0 Å². The van der Waals surface area contributed by atoms with E-state index in [0.29, 0.717) is 25.5 Å². The lowest BCUT2D eigenvalue weighted by molar-refractivity contribution is -0.141. The van der Waals surface area contributed by atoms with E-state index in [2.05, 4.69) is 9.88 Å². The van der Waals surface area contributed by atoms with Crippen LogP contribution < -0.4 is 4.74 Å². The summed E-state index contributed by atoms with van der Waals surface area (Å²) in [4.78, 5) is 22.6. The zero-order valence-corrected chi connectivity index (χ0v) is 17.0. The summed E-state index contributed by atoms with van der Waals surface area (Å²) in [5, 5.41) is 9.12. The molecule has 0 amide bonds. The molecule has 154 valence electrons. The fourth-order valence-electron chi connectivity index (χ4n) is 3.58. The lowest BCUT2D eigenvalue weighted by Crippen LogP contribution is -2.36. The van der Waals surface area contributed by atoms with Crippen LogP contribution in [0.25, 0.3) is 11.4 Å². The minimum atomic E-state index is -0.761. The van der Waals surface area contributed by atoms with Crippen LogP contribution in [0, 0.1) is 5.92 Å². The maximum absolute atomic E-state index is 11.1. The number of aromatic nitrogens is 2. The standard InChI is InChI=1S/C24H25N3O3/c1-17(24(28)29)14-27-12-11-22-20(15-27)13-25-23(26-22)19-7-9-21(10-8-19)30-16-18-5-3-2-4-6-18/h2-10,13,17H,11-12,14-16H2,1H3,(H,28,29).